The maximum absolute atomic E-state index is 12.8. The zero-order valence-corrected chi connectivity index (χ0v) is 27.7. The molecule has 0 spiro atoms. The number of unbranched alkanes of at least 4 members (excludes halogenated alkanes) is 2. The molecule has 0 N–H and O–H groups in total. The Morgan fingerprint density at radius 2 is 1.04 bits per heavy atom. The number of hydrogen-bond donors (Lipinski definition) is 0. The number of hydrogen-bond acceptors (Lipinski definition) is 7. The van der Waals surface area contributed by atoms with Gasteiger partial charge in [-0.15, -0.1) is 11.3 Å². The summed E-state index contributed by atoms with van der Waals surface area (Å²) < 4.78 is 12.4. The van der Waals surface area contributed by atoms with E-state index in [1.165, 1.54) is 23.8 Å². The standard InChI is InChI=1S/C36H46N2O6S/c1-5-9-11-27(7-3)25-43-35(39)29-13-17-31(18-14-29)37(41)23-33-21-22-34(45-33)24-38(42)32-19-15-30(16-20-32)36(40)44-26-28(8-4)12-10-6-2/h13-24,27-28H,5-12,25-26H2,1-4H3/b37-23-,38-24-. The smallest absolute Gasteiger partial charge is 0.338 e. The third-order valence-corrected chi connectivity index (χ3v) is 8.79. The second-order valence-corrected chi connectivity index (χ2v) is 12.4. The van der Waals surface area contributed by atoms with E-state index in [4.69, 9.17) is 9.47 Å². The van der Waals surface area contributed by atoms with E-state index >= 15 is 0 Å². The molecule has 45 heavy (non-hydrogen) atoms. The normalized spacial score (nSPS) is 13.3. The highest BCUT2D eigenvalue weighted by molar-refractivity contribution is 7.15. The van der Waals surface area contributed by atoms with E-state index in [1.54, 1.807) is 60.7 Å². The van der Waals surface area contributed by atoms with Crippen LogP contribution in [0.4, 0.5) is 11.4 Å². The summed E-state index contributed by atoms with van der Waals surface area (Å²) in [5.74, 6) is -0.0695. The van der Waals surface area contributed by atoms with Gasteiger partial charge in [0, 0.05) is 24.3 Å². The Hall–Kier alpha value is -3.98. The van der Waals surface area contributed by atoms with Crippen LogP contribution >= 0.6 is 11.3 Å². The number of nitrogens with zero attached hydrogens (tertiary/aromatic N) is 2. The monoisotopic (exact) mass is 634 g/mol. The average Bonchev–Trinajstić information content (AvgIpc) is 3.50. The van der Waals surface area contributed by atoms with Gasteiger partial charge in [-0.1, -0.05) is 66.2 Å². The lowest BCUT2D eigenvalue weighted by Crippen LogP contribution is -2.14. The Morgan fingerprint density at radius 3 is 1.38 bits per heavy atom. The molecule has 0 saturated carbocycles. The van der Waals surface area contributed by atoms with Crippen molar-refractivity contribution < 1.29 is 28.5 Å². The van der Waals surface area contributed by atoms with Crippen molar-refractivity contribution >= 4 is 47.1 Å². The van der Waals surface area contributed by atoms with Gasteiger partial charge in [-0.2, -0.15) is 9.48 Å². The number of esters is 2. The summed E-state index contributed by atoms with van der Waals surface area (Å²) in [6, 6.07) is 16.2. The molecule has 242 valence electrons. The summed E-state index contributed by atoms with van der Waals surface area (Å²) in [5, 5.41) is 25.5. The molecule has 3 aromatic rings. The van der Waals surface area contributed by atoms with Gasteiger partial charge in [-0.05, 0) is 61.1 Å². The first-order chi connectivity index (χ1) is 21.8. The number of ether oxygens (including phenoxy) is 2. The van der Waals surface area contributed by atoms with Crippen molar-refractivity contribution in [1.29, 1.82) is 0 Å². The van der Waals surface area contributed by atoms with Crippen LogP contribution in [0.5, 0.6) is 0 Å². The van der Waals surface area contributed by atoms with Crippen LogP contribution in [0.1, 0.15) is 110 Å². The number of carbonyl (C=O) groups is 2. The number of carbonyl (C=O) groups excluding carboxylic acids is 2. The van der Waals surface area contributed by atoms with Gasteiger partial charge in [0.25, 0.3) is 0 Å². The Balaban J connectivity index is 1.57. The molecule has 1 aromatic heterocycles. The SMILES string of the molecule is CCCCC(CC)COC(=O)c1ccc(/[N+]([O-])=C/c2ccc(/C=[N+](\[O-])c3ccc(C(=O)OCC(CC)CCCC)cc3)s2)cc1. The van der Waals surface area contributed by atoms with E-state index in [2.05, 4.69) is 27.7 Å². The summed E-state index contributed by atoms with van der Waals surface area (Å²) in [5.41, 5.74) is 1.54. The van der Waals surface area contributed by atoms with Crippen molar-refractivity contribution in [3.05, 3.63) is 92.0 Å². The minimum absolute atomic E-state index is 0.358. The summed E-state index contributed by atoms with van der Waals surface area (Å²) in [7, 11) is 0. The van der Waals surface area contributed by atoms with Crippen molar-refractivity contribution in [2.45, 2.75) is 79.1 Å². The highest BCUT2D eigenvalue weighted by Gasteiger charge is 2.15. The van der Waals surface area contributed by atoms with Crippen LogP contribution in [-0.2, 0) is 9.47 Å². The van der Waals surface area contributed by atoms with Gasteiger partial charge in [0.2, 0.25) is 11.4 Å². The molecule has 0 fully saturated rings. The quantitative estimate of drug-likeness (QED) is 0.0455. The van der Waals surface area contributed by atoms with Gasteiger partial charge in [0.1, 0.15) is 0 Å². The summed E-state index contributed by atoms with van der Waals surface area (Å²) in [6.45, 7) is 9.29. The van der Waals surface area contributed by atoms with Crippen molar-refractivity contribution in [1.82, 2.24) is 0 Å². The van der Waals surface area contributed by atoms with Crippen LogP contribution in [0.3, 0.4) is 0 Å². The molecule has 2 aromatic carbocycles. The molecular weight excluding hydrogens is 588 g/mol. The number of thiophene rings is 1. The van der Waals surface area contributed by atoms with Gasteiger partial charge in [0.15, 0.2) is 12.4 Å². The Labute approximate surface area is 271 Å². The Bertz CT molecular complexity index is 1310. The van der Waals surface area contributed by atoms with E-state index < -0.39 is 11.9 Å². The number of rotatable bonds is 18. The number of benzene rings is 2. The molecule has 0 bridgehead atoms. The maximum Gasteiger partial charge on any atom is 0.338 e. The minimum atomic E-state index is -0.393. The van der Waals surface area contributed by atoms with E-state index in [9.17, 15) is 20.0 Å². The van der Waals surface area contributed by atoms with Crippen LogP contribution in [0.25, 0.3) is 0 Å². The average molecular weight is 635 g/mol. The molecular formula is C36H46N2O6S. The second kappa shape index (κ2) is 18.7. The lowest BCUT2D eigenvalue weighted by atomic mass is 10.0. The van der Waals surface area contributed by atoms with Gasteiger partial charge < -0.3 is 19.9 Å². The van der Waals surface area contributed by atoms with Gasteiger partial charge in [-0.25, -0.2) is 9.59 Å². The first-order valence-electron chi connectivity index (χ1n) is 16.0. The molecule has 0 saturated heterocycles. The fourth-order valence-electron chi connectivity index (χ4n) is 4.73. The zero-order chi connectivity index (χ0) is 32.6. The first kappa shape index (κ1) is 35.5. The summed E-state index contributed by atoms with van der Waals surface area (Å²) >= 11 is 1.29. The molecule has 0 radical (unpaired) electrons. The molecule has 0 aliphatic heterocycles. The van der Waals surface area contributed by atoms with Gasteiger partial charge in [-0.3, -0.25) is 0 Å². The van der Waals surface area contributed by atoms with E-state index in [0.29, 0.717) is 57.3 Å². The van der Waals surface area contributed by atoms with E-state index in [0.717, 1.165) is 60.8 Å². The molecule has 0 amide bonds. The molecule has 0 aliphatic rings. The van der Waals surface area contributed by atoms with Crippen molar-refractivity contribution in [3.8, 4) is 0 Å². The van der Waals surface area contributed by atoms with Crippen LogP contribution < -0.4 is 0 Å². The minimum Gasteiger partial charge on any atom is -0.618 e. The third-order valence-electron chi connectivity index (χ3n) is 7.84. The molecule has 1 heterocycles. The van der Waals surface area contributed by atoms with E-state index in [1.807, 2.05) is 0 Å². The van der Waals surface area contributed by atoms with Crippen LogP contribution in [0, 0.1) is 22.3 Å². The molecule has 8 nitrogen and oxygen atoms in total. The Kier molecular flexibility index (Phi) is 14.8. The zero-order valence-electron chi connectivity index (χ0n) is 26.9. The van der Waals surface area contributed by atoms with Crippen LogP contribution in [0.15, 0.2) is 60.7 Å². The lowest BCUT2D eigenvalue weighted by Gasteiger charge is -2.14. The third kappa shape index (κ3) is 11.5. The van der Waals surface area contributed by atoms with Crippen molar-refractivity contribution in [2.75, 3.05) is 13.2 Å². The molecule has 9 heteroatoms. The van der Waals surface area contributed by atoms with Crippen molar-refractivity contribution in [3.63, 3.8) is 0 Å². The largest absolute Gasteiger partial charge is 0.618 e. The van der Waals surface area contributed by atoms with Crippen LogP contribution in [-0.4, -0.2) is 47.1 Å². The first-order valence-corrected chi connectivity index (χ1v) is 16.9. The molecule has 2 atom stereocenters. The van der Waals surface area contributed by atoms with Gasteiger partial charge >= 0.3 is 11.9 Å². The molecule has 2 unspecified atom stereocenters. The summed E-state index contributed by atoms with van der Waals surface area (Å²) in [6.07, 6.45) is 11.3. The predicted molar refractivity (Wildman–Crippen MR) is 181 cm³/mol. The highest BCUT2D eigenvalue weighted by atomic mass is 32.1. The van der Waals surface area contributed by atoms with E-state index in [-0.39, 0.29) is 0 Å². The lowest BCUT2D eigenvalue weighted by molar-refractivity contribution is -0.354. The Morgan fingerprint density at radius 1 is 0.667 bits per heavy atom. The predicted octanol–water partition coefficient (Wildman–Crippen LogP) is 9.02. The maximum atomic E-state index is 12.8. The molecule has 0 aliphatic carbocycles. The van der Waals surface area contributed by atoms with Gasteiger partial charge in [0.05, 0.1) is 34.1 Å². The fraction of sp³-hybridized carbons (Fsp3) is 0.444. The summed E-state index contributed by atoms with van der Waals surface area (Å²) in [4.78, 5) is 26.3. The molecule has 3 rings (SSSR count). The fourth-order valence-corrected chi connectivity index (χ4v) is 5.57. The van der Waals surface area contributed by atoms with Crippen LogP contribution in [0.2, 0.25) is 0 Å². The highest BCUT2D eigenvalue weighted by Crippen LogP contribution is 2.20. The van der Waals surface area contributed by atoms with Crippen molar-refractivity contribution in [2.24, 2.45) is 11.8 Å². The second-order valence-electron chi connectivity index (χ2n) is 11.3. The topological polar surface area (TPSA) is 105 Å².